The van der Waals surface area contributed by atoms with Crippen molar-refractivity contribution in [2.24, 2.45) is 5.92 Å². The minimum Gasteiger partial charge on any atom is -0.460 e. The molecule has 1 aromatic carbocycles. The molecule has 0 bridgehead atoms. The molecule has 0 fully saturated rings. The van der Waals surface area contributed by atoms with Gasteiger partial charge in [-0.05, 0) is 25.5 Å². The molecule has 0 radical (unpaired) electrons. The summed E-state index contributed by atoms with van der Waals surface area (Å²) in [5, 5.41) is 0. The van der Waals surface area contributed by atoms with E-state index in [-0.39, 0.29) is 17.1 Å². The van der Waals surface area contributed by atoms with Gasteiger partial charge in [-0.25, -0.2) is 13.2 Å². The molecule has 7 heteroatoms. The van der Waals surface area contributed by atoms with Gasteiger partial charge >= 0.3 is 5.97 Å². The van der Waals surface area contributed by atoms with E-state index >= 15 is 0 Å². The SMILES string of the molecule is CCOC(=O)C(=O)C1CS(=O)(=O)c2cccc(C)c2C1=O. The van der Waals surface area contributed by atoms with Crippen molar-refractivity contribution in [1.82, 2.24) is 0 Å². The zero-order valence-electron chi connectivity index (χ0n) is 11.6. The number of ether oxygens (including phenoxy) is 1. The van der Waals surface area contributed by atoms with Gasteiger partial charge in [0.15, 0.2) is 15.6 Å². The van der Waals surface area contributed by atoms with Gasteiger partial charge in [0.25, 0.3) is 5.78 Å². The van der Waals surface area contributed by atoms with Gasteiger partial charge in [0.05, 0.1) is 17.3 Å². The number of hydrogen-bond acceptors (Lipinski definition) is 6. The van der Waals surface area contributed by atoms with Gasteiger partial charge in [0.2, 0.25) is 0 Å². The van der Waals surface area contributed by atoms with Crippen molar-refractivity contribution in [2.45, 2.75) is 18.7 Å². The lowest BCUT2D eigenvalue weighted by molar-refractivity contribution is -0.154. The number of Topliss-reactive ketones (excluding diaryl/α,β-unsaturated/α-hetero) is 2. The molecule has 1 aliphatic rings. The largest absolute Gasteiger partial charge is 0.460 e. The van der Waals surface area contributed by atoms with Gasteiger partial charge < -0.3 is 4.74 Å². The van der Waals surface area contributed by atoms with E-state index in [4.69, 9.17) is 0 Å². The van der Waals surface area contributed by atoms with Gasteiger partial charge in [-0.15, -0.1) is 0 Å². The van der Waals surface area contributed by atoms with Gasteiger partial charge in [-0.2, -0.15) is 0 Å². The van der Waals surface area contributed by atoms with Gasteiger partial charge in [-0.3, -0.25) is 9.59 Å². The summed E-state index contributed by atoms with van der Waals surface area (Å²) in [5.41, 5.74) is 0.453. The van der Waals surface area contributed by atoms with Crippen molar-refractivity contribution in [3.05, 3.63) is 29.3 Å². The number of carbonyl (C=O) groups excluding carboxylic acids is 3. The Morgan fingerprint density at radius 3 is 2.62 bits per heavy atom. The molecule has 1 heterocycles. The average Bonchev–Trinajstić information content (AvgIpc) is 2.42. The summed E-state index contributed by atoms with van der Waals surface area (Å²) in [6.45, 7) is 3.08. The van der Waals surface area contributed by atoms with E-state index < -0.39 is 39.0 Å². The van der Waals surface area contributed by atoms with Crippen LogP contribution in [0.15, 0.2) is 23.1 Å². The maximum absolute atomic E-state index is 12.4. The van der Waals surface area contributed by atoms with Crippen LogP contribution in [0.4, 0.5) is 0 Å². The number of fused-ring (bicyclic) bond motifs is 1. The molecule has 0 spiro atoms. The standard InChI is InChI=1S/C14H14O6S/c1-3-20-14(17)13(16)9-7-21(18,19)10-6-4-5-8(2)11(10)12(9)15/h4-6,9H,3,7H2,1-2H3. The van der Waals surface area contributed by atoms with Crippen LogP contribution in [0.5, 0.6) is 0 Å². The predicted octanol–water partition coefficient (Wildman–Crippen LogP) is 0.713. The van der Waals surface area contributed by atoms with Crippen LogP contribution in [-0.4, -0.2) is 38.3 Å². The number of ketones is 2. The lowest BCUT2D eigenvalue weighted by Gasteiger charge is -2.23. The Hall–Kier alpha value is -2.02. The van der Waals surface area contributed by atoms with E-state index in [1.165, 1.54) is 19.1 Å². The van der Waals surface area contributed by atoms with Crippen molar-refractivity contribution < 1.29 is 27.5 Å². The molecule has 1 atom stereocenters. The topological polar surface area (TPSA) is 94.6 Å². The highest BCUT2D eigenvalue weighted by molar-refractivity contribution is 7.91. The molecule has 0 saturated carbocycles. The molecule has 112 valence electrons. The number of hydrogen-bond donors (Lipinski definition) is 0. The molecule has 21 heavy (non-hydrogen) atoms. The summed E-state index contributed by atoms with van der Waals surface area (Å²) in [5.74, 6) is -5.15. The number of rotatable bonds is 3. The quantitative estimate of drug-likeness (QED) is 0.464. The van der Waals surface area contributed by atoms with Crippen LogP contribution >= 0.6 is 0 Å². The highest BCUT2D eigenvalue weighted by Crippen LogP contribution is 2.31. The molecule has 0 N–H and O–H groups in total. The molecule has 0 saturated heterocycles. The van der Waals surface area contributed by atoms with Gasteiger partial charge in [0.1, 0.15) is 5.92 Å². The van der Waals surface area contributed by atoms with E-state index in [1.807, 2.05) is 0 Å². The molecular formula is C14H14O6S. The molecule has 0 aliphatic carbocycles. The zero-order valence-corrected chi connectivity index (χ0v) is 12.4. The second-order valence-electron chi connectivity index (χ2n) is 4.73. The third-order valence-electron chi connectivity index (χ3n) is 3.31. The van der Waals surface area contributed by atoms with E-state index in [1.54, 1.807) is 13.0 Å². The van der Waals surface area contributed by atoms with Crippen LogP contribution in [0, 0.1) is 12.8 Å². The van der Waals surface area contributed by atoms with Crippen molar-refractivity contribution >= 4 is 27.4 Å². The van der Waals surface area contributed by atoms with E-state index in [9.17, 15) is 22.8 Å². The maximum atomic E-state index is 12.4. The predicted molar refractivity (Wildman–Crippen MR) is 72.7 cm³/mol. The Labute approximate surface area is 122 Å². The molecule has 2 rings (SSSR count). The lowest BCUT2D eigenvalue weighted by atomic mass is 9.92. The first-order chi connectivity index (χ1) is 9.79. The first kappa shape index (κ1) is 15.4. The molecule has 1 aliphatic heterocycles. The highest BCUT2D eigenvalue weighted by atomic mass is 32.2. The highest BCUT2D eigenvalue weighted by Gasteiger charge is 2.43. The van der Waals surface area contributed by atoms with Crippen molar-refractivity contribution in [2.75, 3.05) is 12.4 Å². The number of aryl methyl sites for hydroxylation is 1. The van der Waals surface area contributed by atoms with Crippen molar-refractivity contribution in [1.29, 1.82) is 0 Å². The number of benzene rings is 1. The number of esters is 1. The monoisotopic (exact) mass is 310 g/mol. The average molecular weight is 310 g/mol. The van der Waals surface area contributed by atoms with E-state index in [0.29, 0.717) is 5.56 Å². The van der Waals surface area contributed by atoms with Crippen LogP contribution in [0.3, 0.4) is 0 Å². The van der Waals surface area contributed by atoms with Crippen LogP contribution in [0.2, 0.25) is 0 Å². The second-order valence-corrected chi connectivity index (χ2v) is 6.73. The van der Waals surface area contributed by atoms with Gasteiger partial charge in [0, 0.05) is 5.56 Å². The fourth-order valence-corrected chi connectivity index (χ4v) is 4.09. The second kappa shape index (κ2) is 5.40. The Balaban J connectivity index is 2.52. The Kier molecular flexibility index (Phi) is 3.95. The third-order valence-corrected chi connectivity index (χ3v) is 5.09. The zero-order chi connectivity index (χ0) is 15.8. The Morgan fingerprint density at radius 2 is 2.00 bits per heavy atom. The Bertz CT molecular complexity index is 732. The molecular weight excluding hydrogens is 296 g/mol. The van der Waals surface area contributed by atoms with Crippen LogP contribution in [0.25, 0.3) is 0 Å². The van der Waals surface area contributed by atoms with Crippen LogP contribution in [0.1, 0.15) is 22.8 Å². The summed E-state index contributed by atoms with van der Waals surface area (Å²) >= 11 is 0. The van der Waals surface area contributed by atoms with Crippen molar-refractivity contribution in [3.63, 3.8) is 0 Å². The minimum atomic E-state index is -3.79. The minimum absolute atomic E-state index is 0.00796. The van der Waals surface area contributed by atoms with E-state index in [2.05, 4.69) is 4.74 Å². The summed E-state index contributed by atoms with van der Waals surface area (Å²) in [6, 6.07) is 4.45. The summed E-state index contributed by atoms with van der Waals surface area (Å²) < 4.78 is 29.0. The fourth-order valence-electron chi connectivity index (χ4n) is 2.31. The van der Waals surface area contributed by atoms with Crippen molar-refractivity contribution in [3.8, 4) is 0 Å². The van der Waals surface area contributed by atoms with Crippen LogP contribution in [-0.2, 0) is 24.2 Å². The number of sulfone groups is 1. The molecule has 0 aromatic heterocycles. The first-order valence-corrected chi connectivity index (χ1v) is 8.02. The molecule has 6 nitrogen and oxygen atoms in total. The molecule has 1 aromatic rings. The lowest BCUT2D eigenvalue weighted by Crippen LogP contribution is -2.40. The van der Waals surface area contributed by atoms with Crippen LogP contribution < -0.4 is 0 Å². The summed E-state index contributed by atoms with van der Waals surface area (Å²) in [6.07, 6.45) is 0. The first-order valence-electron chi connectivity index (χ1n) is 6.37. The fraction of sp³-hybridized carbons (Fsp3) is 0.357. The normalized spacial score (nSPS) is 19.7. The smallest absolute Gasteiger partial charge is 0.375 e. The van der Waals surface area contributed by atoms with Gasteiger partial charge in [-0.1, -0.05) is 12.1 Å². The number of carbonyl (C=O) groups is 3. The Morgan fingerprint density at radius 1 is 1.33 bits per heavy atom. The summed E-state index contributed by atoms with van der Waals surface area (Å²) in [7, 11) is -3.79. The molecule has 1 unspecified atom stereocenters. The van der Waals surface area contributed by atoms with E-state index in [0.717, 1.165) is 0 Å². The molecule has 0 amide bonds. The maximum Gasteiger partial charge on any atom is 0.375 e. The third kappa shape index (κ3) is 2.61. The summed E-state index contributed by atoms with van der Waals surface area (Å²) in [4.78, 5) is 35.7.